The first-order valence-electron chi connectivity index (χ1n) is 4.29. The molecule has 2 rings (SSSR count). The SMILES string of the molecule is c1n[nH]c(CCCNc2nncs2)n1. The fourth-order valence-corrected chi connectivity index (χ4v) is 1.53. The van der Waals surface area contributed by atoms with Crippen LogP contribution in [0.3, 0.4) is 0 Å². The molecular formula is C7H10N6S. The third kappa shape index (κ3) is 2.49. The zero-order valence-electron chi connectivity index (χ0n) is 7.47. The zero-order chi connectivity index (χ0) is 9.64. The van der Waals surface area contributed by atoms with Gasteiger partial charge in [0.05, 0.1) is 0 Å². The van der Waals surface area contributed by atoms with Crippen molar-refractivity contribution in [2.75, 3.05) is 11.9 Å². The predicted molar refractivity (Wildman–Crippen MR) is 53.1 cm³/mol. The molecule has 2 N–H and O–H groups in total. The molecule has 2 heterocycles. The van der Waals surface area contributed by atoms with Crippen molar-refractivity contribution >= 4 is 16.5 Å². The number of anilines is 1. The van der Waals surface area contributed by atoms with Gasteiger partial charge < -0.3 is 5.32 Å². The van der Waals surface area contributed by atoms with Gasteiger partial charge in [0.1, 0.15) is 17.7 Å². The predicted octanol–water partition coefficient (Wildman–Crippen LogP) is 0.701. The Hall–Kier alpha value is -1.50. The number of nitrogens with zero attached hydrogens (tertiary/aromatic N) is 4. The minimum absolute atomic E-state index is 0.863. The lowest BCUT2D eigenvalue weighted by Crippen LogP contribution is -2.03. The molecule has 0 atom stereocenters. The quantitative estimate of drug-likeness (QED) is 0.710. The molecule has 0 aliphatic carbocycles. The first-order valence-corrected chi connectivity index (χ1v) is 5.17. The minimum Gasteiger partial charge on any atom is -0.360 e. The normalized spacial score (nSPS) is 10.3. The second-order valence-corrected chi connectivity index (χ2v) is 3.54. The maximum Gasteiger partial charge on any atom is 0.205 e. The van der Waals surface area contributed by atoms with Gasteiger partial charge in [-0.15, -0.1) is 10.2 Å². The van der Waals surface area contributed by atoms with E-state index in [4.69, 9.17) is 0 Å². The van der Waals surface area contributed by atoms with E-state index in [2.05, 4.69) is 30.7 Å². The number of nitrogens with one attached hydrogen (secondary N) is 2. The second kappa shape index (κ2) is 4.66. The van der Waals surface area contributed by atoms with Crippen molar-refractivity contribution in [3.05, 3.63) is 17.7 Å². The second-order valence-electron chi connectivity index (χ2n) is 2.71. The number of aromatic nitrogens is 5. The molecule has 0 unspecified atom stereocenters. The van der Waals surface area contributed by atoms with E-state index in [1.54, 1.807) is 5.51 Å². The van der Waals surface area contributed by atoms with Gasteiger partial charge in [0, 0.05) is 13.0 Å². The molecule has 0 aliphatic rings. The highest BCUT2D eigenvalue weighted by molar-refractivity contribution is 7.13. The number of aryl methyl sites for hydroxylation is 1. The van der Waals surface area contributed by atoms with Crippen LogP contribution < -0.4 is 5.32 Å². The number of hydrogen-bond donors (Lipinski definition) is 2. The van der Waals surface area contributed by atoms with E-state index in [0.717, 1.165) is 30.3 Å². The van der Waals surface area contributed by atoms with Crippen LogP contribution in [0, 0.1) is 0 Å². The Morgan fingerprint density at radius 2 is 2.50 bits per heavy atom. The van der Waals surface area contributed by atoms with Crippen LogP contribution in [0.1, 0.15) is 12.2 Å². The lowest BCUT2D eigenvalue weighted by Gasteiger charge is -1.99. The maximum atomic E-state index is 4.03. The molecule has 14 heavy (non-hydrogen) atoms. The Kier molecular flexibility index (Phi) is 3.02. The maximum absolute atomic E-state index is 4.03. The van der Waals surface area contributed by atoms with E-state index in [9.17, 15) is 0 Å². The van der Waals surface area contributed by atoms with Gasteiger partial charge in [-0.1, -0.05) is 11.3 Å². The molecule has 0 saturated carbocycles. The van der Waals surface area contributed by atoms with Gasteiger partial charge in [0.2, 0.25) is 5.13 Å². The molecule has 74 valence electrons. The Balaban J connectivity index is 1.65. The molecule has 0 aliphatic heterocycles. The summed E-state index contributed by atoms with van der Waals surface area (Å²) in [6.07, 6.45) is 3.41. The van der Waals surface area contributed by atoms with Gasteiger partial charge in [-0.3, -0.25) is 5.10 Å². The molecule has 6 nitrogen and oxygen atoms in total. The molecule has 0 radical (unpaired) electrons. The van der Waals surface area contributed by atoms with Crippen molar-refractivity contribution in [1.29, 1.82) is 0 Å². The molecule has 7 heteroatoms. The average molecular weight is 210 g/mol. The van der Waals surface area contributed by atoms with Crippen LogP contribution >= 0.6 is 11.3 Å². The third-order valence-corrected chi connectivity index (χ3v) is 2.34. The smallest absolute Gasteiger partial charge is 0.205 e. The summed E-state index contributed by atoms with van der Waals surface area (Å²) in [5.41, 5.74) is 1.71. The van der Waals surface area contributed by atoms with E-state index in [-0.39, 0.29) is 0 Å². The zero-order valence-corrected chi connectivity index (χ0v) is 8.29. The van der Waals surface area contributed by atoms with E-state index in [1.807, 2.05) is 0 Å². The molecule has 0 spiro atoms. The van der Waals surface area contributed by atoms with Crippen LogP contribution in [-0.4, -0.2) is 31.9 Å². The number of aromatic amines is 1. The third-order valence-electron chi connectivity index (χ3n) is 1.69. The summed E-state index contributed by atoms with van der Waals surface area (Å²) in [5, 5.41) is 18.2. The lowest BCUT2D eigenvalue weighted by molar-refractivity contribution is 0.804. The monoisotopic (exact) mass is 210 g/mol. The van der Waals surface area contributed by atoms with Gasteiger partial charge in [-0.05, 0) is 6.42 Å². The minimum atomic E-state index is 0.863. The van der Waals surface area contributed by atoms with Crippen molar-refractivity contribution in [3.8, 4) is 0 Å². The van der Waals surface area contributed by atoms with Crippen LogP contribution in [0.15, 0.2) is 11.8 Å². The van der Waals surface area contributed by atoms with Crippen LogP contribution in [0.5, 0.6) is 0 Å². The molecule has 0 fully saturated rings. The van der Waals surface area contributed by atoms with Gasteiger partial charge in [-0.2, -0.15) is 5.10 Å². The Morgan fingerprint density at radius 3 is 3.21 bits per heavy atom. The van der Waals surface area contributed by atoms with E-state index in [0.29, 0.717) is 0 Å². The van der Waals surface area contributed by atoms with Crippen molar-refractivity contribution in [2.24, 2.45) is 0 Å². The fourth-order valence-electron chi connectivity index (χ4n) is 1.05. The van der Waals surface area contributed by atoms with Crippen molar-refractivity contribution in [2.45, 2.75) is 12.8 Å². The van der Waals surface area contributed by atoms with Crippen LogP contribution in [0.4, 0.5) is 5.13 Å². The highest BCUT2D eigenvalue weighted by atomic mass is 32.1. The molecule has 0 bridgehead atoms. The Morgan fingerprint density at radius 1 is 1.50 bits per heavy atom. The Labute approximate surface area is 84.8 Å². The molecule has 0 saturated heterocycles. The summed E-state index contributed by atoms with van der Waals surface area (Å²) in [7, 11) is 0. The van der Waals surface area contributed by atoms with E-state index < -0.39 is 0 Å². The van der Waals surface area contributed by atoms with Gasteiger partial charge >= 0.3 is 0 Å². The summed E-state index contributed by atoms with van der Waals surface area (Å²) in [4.78, 5) is 4.03. The van der Waals surface area contributed by atoms with Crippen molar-refractivity contribution < 1.29 is 0 Å². The highest BCUT2D eigenvalue weighted by Crippen LogP contribution is 2.07. The topological polar surface area (TPSA) is 79.4 Å². The van der Waals surface area contributed by atoms with Gasteiger partial charge in [0.25, 0.3) is 0 Å². The summed E-state index contributed by atoms with van der Waals surface area (Å²) < 4.78 is 0. The number of rotatable bonds is 5. The van der Waals surface area contributed by atoms with E-state index >= 15 is 0 Å². The van der Waals surface area contributed by atoms with E-state index in [1.165, 1.54) is 17.7 Å². The van der Waals surface area contributed by atoms with Gasteiger partial charge in [-0.25, -0.2) is 4.98 Å². The first-order chi connectivity index (χ1) is 6.95. The Bertz CT molecular complexity index is 306. The summed E-state index contributed by atoms with van der Waals surface area (Å²) in [6.45, 7) is 0.871. The number of H-pyrrole nitrogens is 1. The van der Waals surface area contributed by atoms with Crippen molar-refractivity contribution in [3.63, 3.8) is 0 Å². The molecule has 2 aromatic heterocycles. The van der Waals surface area contributed by atoms with Crippen LogP contribution in [0.2, 0.25) is 0 Å². The summed E-state index contributed by atoms with van der Waals surface area (Å²) in [5.74, 6) is 0.920. The first kappa shape index (κ1) is 9.07. The largest absolute Gasteiger partial charge is 0.360 e. The lowest BCUT2D eigenvalue weighted by atomic mass is 10.3. The summed E-state index contributed by atoms with van der Waals surface area (Å²) >= 11 is 1.50. The molecule has 0 aromatic carbocycles. The average Bonchev–Trinajstić information content (AvgIpc) is 2.86. The van der Waals surface area contributed by atoms with Crippen molar-refractivity contribution in [1.82, 2.24) is 25.4 Å². The van der Waals surface area contributed by atoms with Crippen LogP contribution in [0.25, 0.3) is 0 Å². The molecule has 2 aromatic rings. The standard InChI is InChI=1S/C7H10N6S/c1(2-6-9-4-10-12-6)3-8-7-13-11-5-14-7/h4-5H,1-3H2,(H,8,13)(H,9,10,12). The fraction of sp³-hybridized carbons (Fsp3) is 0.429. The summed E-state index contributed by atoms with van der Waals surface area (Å²) in [6, 6.07) is 0. The molecule has 0 amide bonds. The number of hydrogen-bond acceptors (Lipinski definition) is 6. The highest BCUT2D eigenvalue weighted by Gasteiger charge is 1.97. The van der Waals surface area contributed by atoms with Crippen LogP contribution in [-0.2, 0) is 6.42 Å². The van der Waals surface area contributed by atoms with Gasteiger partial charge in [0.15, 0.2) is 0 Å². The molecular weight excluding hydrogens is 200 g/mol.